The van der Waals surface area contributed by atoms with Crippen LogP contribution >= 0.6 is 23.2 Å². The van der Waals surface area contributed by atoms with Crippen molar-refractivity contribution in [2.24, 2.45) is 5.73 Å². The first kappa shape index (κ1) is 13.1. The van der Waals surface area contributed by atoms with Gasteiger partial charge in [-0.3, -0.25) is 4.90 Å². The third-order valence-corrected chi connectivity index (χ3v) is 3.64. The molecule has 1 aromatic carbocycles. The summed E-state index contributed by atoms with van der Waals surface area (Å²) in [4.78, 5) is 2.27. The van der Waals surface area contributed by atoms with Gasteiger partial charge in [-0.05, 0) is 12.1 Å². The van der Waals surface area contributed by atoms with Gasteiger partial charge in [0.05, 0.1) is 12.7 Å². The molecule has 1 aliphatic heterocycles. The summed E-state index contributed by atoms with van der Waals surface area (Å²) >= 11 is 12.3. The third kappa shape index (κ3) is 3.33. The Hall–Kier alpha value is -0.320. The molecule has 3 nitrogen and oxygen atoms in total. The minimum Gasteiger partial charge on any atom is -0.374 e. The number of ether oxygens (including phenoxy) is 1. The lowest BCUT2D eigenvalue weighted by molar-refractivity contribution is -0.0260. The van der Waals surface area contributed by atoms with Crippen LogP contribution in [0.4, 0.5) is 0 Å². The van der Waals surface area contributed by atoms with Crippen molar-refractivity contribution in [3.8, 4) is 0 Å². The maximum Gasteiger partial charge on any atom is 0.0824 e. The molecule has 1 aliphatic rings. The molecule has 17 heavy (non-hydrogen) atoms. The smallest absolute Gasteiger partial charge is 0.0824 e. The summed E-state index contributed by atoms with van der Waals surface area (Å²) in [7, 11) is 0. The first-order chi connectivity index (χ1) is 8.20. The maximum absolute atomic E-state index is 6.15. The van der Waals surface area contributed by atoms with Gasteiger partial charge in [-0.1, -0.05) is 29.3 Å². The van der Waals surface area contributed by atoms with Crippen molar-refractivity contribution in [1.29, 1.82) is 0 Å². The molecule has 0 aliphatic carbocycles. The lowest BCUT2D eigenvalue weighted by Gasteiger charge is -2.32. The fourth-order valence-electron chi connectivity index (χ4n) is 1.97. The van der Waals surface area contributed by atoms with E-state index in [1.54, 1.807) is 0 Å². The second kappa shape index (κ2) is 6.03. The Bertz CT molecular complexity index is 367. The Balaban J connectivity index is 2.05. The first-order valence-corrected chi connectivity index (χ1v) is 6.43. The summed E-state index contributed by atoms with van der Waals surface area (Å²) in [5.74, 6) is 0. The van der Waals surface area contributed by atoms with E-state index >= 15 is 0 Å². The van der Waals surface area contributed by atoms with E-state index in [9.17, 15) is 0 Å². The molecule has 1 atom stereocenters. The van der Waals surface area contributed by atoms with Crippen LogP contribution in [-0.4, -0.2) is 37.2 Å². The van der Waals surface area contributed by atoms with Crippen LogP contribution in [0.25, 0.3) is 0 Å². The molecule has 0 bridgehead atoms. The summed E-state index contributed by atoms with van der Waals surface area (Å²) < 4.78 is 5.52. The van der Waals surface area contributed by atoms with Gasteiger partial charge in [0.1, 0.15) is 0 Å². The van der Waals surface area contributed by atoms with Crippen LogP contribution < -0.4 is 5.73 Å². The molecule has 0 amide bonds. The lowest BCUT2D eigenvalue weighted by Crippen LogP contribution is -2.45. The van der Waals surface area contributed by atoms with E-state index in [1.807, 2.05) is 18.2 Å². The quantitative estimate of drug-likeness (QED) is 0.918. The lowest BCUT2D eigenvalue weighted by atomic mass is 10.2. The van der Waals surface area contributed by atoms with Crippen molar-refractivity contribution < 1.29 is 4.74 Å². The zero-order valence-corrected chi connectivity index (χ0v) is 11.0. The summed E-state index contributed by atoms with van der Waals surface area (Å²) in [6, 6.07) is 5.59. The van der Waals surface area contributed by atoms with Gasteiger partial charge in [0.15, 0.2) is 0 Å². The van der Waals surface area contributed by atoms with Crippen LogP contribution in [0, 0.1) is 0 Å². The van der Waals surface area contributed by atoms with Crippen LogP contribution in [0.1, 0.15) is 5.56 Å². The Labute approximate surface area is 111 Å². The number of halogens is 2. The summed E-state index contributed by atoms with van der Waals surface area (Å²) in [5.41, 5.74) is 6.59. The van der Waals surface area contributed by atoms with Gasteiger partial charge in [-0.2, -0.15) is 0 Å². The molecular weight excluding hydrogens is 259 g/mol. The number of rotatable bonds is 3. The van der Waals surface area contributed by atoms with Crippen molar-refractivity contribution in [1.82, 2.24) is 4.90 Å². The minimum atomic E-state index is 0.116. The molecule has 1 saturated heterocycles. The predicted molar refractivity (Wildman–Crippen MR) is 70.5 cm³/mol. The van der Waals surface area contributed by atoms with Crippen molar-refractivity contribution >= 4 is 23.2 Å². The van der Waals surface area contributed by atoms with E-state index in [0.717, 1.165) is 25.2 Å². The number of hydrogen-bond donors (Lipinski definition) is 1. The molecule has 0 spiro atoms. The van der Waals surface area contributed by atoms with Crippen molar-refractivity contribution in [2.75, 3.05) is 26.2 Å². The SMILES string of the molecule is NC[C@@H]1CN(Cc2c(Cl)cccc2Cl)CCO1. The highest BCUT2D eigenvalue weighted by Gasteiger charge is 2.20. The second-order valence-electron chi connectivity index (χ2n) is 4.16. The number of nitrogens with two attached hydrogens (primary N) is 1. The van der Waals surface area contributed by atoms with Crippen LogP contribution in [0.3, 0.4) is 0 Å². The fourth-order valence-corrected chi connectivity index (χ4v) is 2.49. The molecule has 1 aromatic rings. The maximum atomic E-state index is 6.15. The molecule has 0 aromatic heterocycles. The van der Waals surface area contributed by atoms with Crippen molar-refractivity contribution in [2.45, 2.75) is 12.6 Å². The number of benzene rings is 1. The normalized spacial score (nSPS) is 21.7. The molecule has 1 heterocycles. The minimum absolute atomic E-state index is 0.116. The zero-order chi connectivity index (χ0) is 12.3. The largest absolute Gasteiger partial charge is 0.374 e. The van der Waals surface area contributed by atoms with E-state index in [4.69, 9.17) is 33.7 Å². The van der Waals surface area contributed by atoms with Crippen molar-refractivity contribution in [3.63, 3.8) is 0 Å². The van der Waals surface area contributed by atoms with Gasteiger partial charge in [0.25, 0.3) is 0 Å². The van der Waals surface area contributed by atoms with Gasteiger partial charge in [-0.15, -0.1) is 0 Å². The van der Waals surface area contributed by atoms with Crippen molar-refractivity contribution in [3.05, 3.63) is 33.8 Å². The molecule has 0 unspecified atom stereocenters. The zero-order valence-electron chi connectivity index (χ0n) is 9.53. The van der Waals surface area contributed by atoms with Crippen LogP contribution in [0.2, 0.25) is 10.0 Å². The highest BCUT2D eigenvalue weighted by Crippen LogP contribution is 2.26. The van der Waals surface area contributed by atoms with E-state index < -0.39 is 0 Å². The molecule has 1 fully saturated rings. The molecule has 5 heteroatoms. The Morgan fingerprint density at radius 1 is 1.35 bits per heavy atom. The monoisotopic (exact) mass is 274 g/mol. The second-order valence-corrected chi connectivity index (χ2v) is 4.98. The van der Waals surface area contributed by atoms with Gasteiger partial charge >= 0.3 is 0 Å². The standard InChI is InChI=1S/C12H16Cl2N2O/c13-11-2-1-3-12(14)10(11)8-16-4-5-17-9(6-15)7-16/h1-3,9H,4-8,15H2/t9-/m1/s1. The Morgan fingerprint density at radius 2 is 2.06 bits per heavy atom. The van der Waals surface area contributed by atoms with Crippen LogP contribution in [-0.2, 0) is 11.3 Å². The topological polar surface area (TPSA) is 38.5 Å². The third-order valence-electron chi connectivity index (χ3n) is 2.93. The average molecular weight is 275 g/mol. The van der Waals surface area contributed by atoms with Gasteiger partial charge in [0, 0.05) is 41.8 Å². The number of morpholine rings is 1. The summed E-state index contributed by atoms with van der Waals surface area (Å²) in [6.07, 6.45) is 0.116. The Kier molecular flexibility index (Phi) is 4.65. The van der Waals surface area contributed by atoms with E-state index in [1.165, 1.54) is 0 Å². The molecule has 2 N–H and O–H groups in total. The molecule has 0 radical (unpaired) electrons. The summed E-state index contributed by atoms with van der Waals surface area (Å²) in [6.45, 7) is 3.73. The predicted octanol–water partition coefficient (Wildman–Crippen LogP) is 2.15. The van der Waals surface area contributed by atoms with Crippen LogP contribution in [0.5, 0.6) is 0 Å². The average Bonchev–Trinajstić information content (AvgIpc) is 2.34. The highest BCUT2D eigenvalue weighted by molar-refractivity contribution is 6.35. The fraction of sp³-hybridized carbons (Fsp3) is 0.500. The molecular formula is C12H16Cl2N2O. The summed E-state index contributed by atoms with van der Waals surface area (Å²) in [5, 5.41) is 1.43. The van der Waals surface area contributed by atoms with Gasteiger partial charge in [0.2, 0.25) is 0 Å². The number of hydrogen-bond acceptors (Lipinski definition) is 3. The Morgan fingerprint density at radius 3 is 2.71 bits per heavy atom. The van der Waals surface area contributed by atoms with Gasteiger partial charge in [-0.25, -0.2) is 0 Å². The molecule has 94 valence electrons. The first-order valence-electron chi connectivity index (χ1n) is 5.67. The van der Waals surface area contributed by atoms with Gasteiger partial charge < -0.3 is 10.5 Å². The molecule has 0 saturated carbocycles. The van der Waals surface area contributed by atoms with Crippen LogP contribution in [0.15, 0.2) is 18.2 Å². The number of nitrogens with zero attached hydrogens (tertiary/aromatic N) is 1. The highest BCUT2D eigenvalue weighted by atomic mass is 35.5. The van der Waals surface area contributed by atoms with E-state index in [2.05, 4.69) is 4.90 Å². The molecule has 2 rings (SSSR count). The van der Waals surface area contributed by atoms with E-state index in [-0.39, 0.29) is 6.10 Å². The van der Waals surface area contributed by atoms with E-state index in [0.29, 0.717) is 23.2 Å².